The molecule has 1 aliphatic heterocycles. The molecule has 1 unspecified atom stereocenters. The molecule has 1 aromatic heterocycles. The summed E-state index contributed by atoms with van der Waals surface area (Å²) < 4.78 is 10.8. The van der Waals surface area contributed by atoms with Crippen LogP contribution in [-0.2, 0) is 13.0 Å². The number of ether oxygens (including phenoxy) is 2. The second-order valence-corrected chi connectivity index (χ2v) is 12.1. The second kappa shape index (κ2) is 15.2. The van der Waals surface area contributed by atoms with E-state index in [0.29, 0.717) is 30.8 Å². The third-order valence-corrected chi connectivity index (χ3v) is 9.05. The minimum Gasteiger partial charge on any atom is -0.497 e. The summed E-state index contributed by atoms with van der Waals surface area (Å²) in [6.45, 7) is 3.35. The number of nitrogens with one attached hydrogen (secondary N) is 2. The van der Waals surface area contributed by atoms with Crippen LogP contribution < -0.4 is 20.1 Å². The maximum atomic E-state index is 13.8. The number of likely N-dealkylation sites (tertiary alicyclic amines) is 1. The molecule has 2 amide bonds. The minimum absolute atomic E-state index is 0.0884. The van der Waals surface area contributed by atoms with Crippen LogP contribution in [0.4, 0.5) is 0 Å². The Balaban J connectivity index is 1.32. The van der Waals surface area contributed by atoms with Gasteiger partial charge in [-0.1, -0.05) is 42.5 Å². The molecule has 9 nitrogen and oxygen atoms in total. The standard InChI is InChI=1S/C35H40N4O5S/c1-23-22-45-34(37-23)31-13-8-14-39(31)35(42)27-17-26(18-29(19-27)44-3)33(41)38-30(16-24-9-5-4-6-10-24)32(40)21-36-20-25-11-7-12-28(15-25)43-2/h4-7,9-12,15,17-19,22,30-32,36,40H,8,13-14,16,20-21H2,1-3H3,(H,38,41)/t30-,31?,32+/m0/s1. The Labute approximate surface area is 268 Å². The number of aromatic nitrogens is 1. The van der Waals surface area contributed by atoms with Gasteiger partial charge in [0.15, 0.2) is 0 Å². The molecule has 0 radical (unpaired) electrons. The molecule has 0 bridgehead atoms. The van der Waals surface area contributed by atoms with Gasteiger partial charge in [0.05, 0.1) is 32.4 Å². The van der Waals surface area contributed by atoms with Crippen LogP contribution in [0.1, 0.15) is 61.4 Å². The Morgan fingerprint density at radius 1 is 1.00 bits per heavy atom. The lowest BCUT2D eigenvalue weighted by Crippen LogP contribution is -2.48. The predicted molar refractivity (Wildman–Crippen MR) is 175 cm³/mol. The van der Waals surface area contributed by atoms with Crippen LogP contribution in [0.25, 0.3) is 0 Å². The van der Waals surface area contributed by atoms with Gasteiger partial charge >= 0.3 is 0 Å². The summed E-state index contributed by atoms with van der Waals surface area (Å²) in [7, 11) is 3.14. The van der Waals surface area contributed by atoms with E-state index in [1.54, 1.807) is 36.6 Å². The van der Waals surface area contributed by atoms with Crippen molar-refractivity contribution in [2.45, 2.75) is 50.9 Å². The number of amides is 2. The summed E-state index contributed by atoms with van der Waals surface area (Å²) in [4.78, 5) is 34.0. The molecule has 0 spiro atoms. The number of methoxy groups -OCH3 is 2. The average molecular weight is 629 g/mol. The van der Waals surface area contributed by atoms with E-state index in [1.807, 2.05) is 71.8 Å². The van der Waals surface area contributed by atoms with Crippen molar-refractivity contribution in [1.29, 1.82) is 0 Å². The van der Waals surface area contributed by atoms with Crippen molar-refractivity contribution in [3.63, 3.8) is 0 Å². The van der Waals surface area contributed by atoms with Gasteiger partial charge in [-0.25, -0.2) is 4.98 Å². The molecule has 45 heavy (non-hydrogen) atoms. The maximum Gasteiger partial charge on any atom is 0.254 e. The first-order valence-electron chi connectivity index (χ1n) is 15.1. The first-order chi connectivity index (χ1) is 21.8. The van der Waals surface area contributed by atoms with Crippen LogP contribution in [0.2, 0.25) is 0 Å². The van der Waals surface area contributed by atoms with E-state index in [-0.39, 0.29) is 24.1 Å². The second-order valence-electron chi connectivity index (χ2n) is 11.3. The molecule has 4 aromatic rings. The zero-order valence-corrected chi connectivity index (χ0v) is 26.7. The Morgan fingerprint density at radius 3 is 2.49 bits per heavy atom. The summed E-state index contributed by atoms with van der Waals surface area (Å²) in [6.07, 6.45) is 1.27. The summed E-state index contributed by atoms with van der Waals surface area (Å²) in [5.74, 6) is 0.607. The van der Waals surface area contributed by atoms with Crippen molar-refractivity contribution < 1.29 is 24.2 Å². The fourth-order valence-electron chi connectivity index (χ4n) is 5.62. The monoisotopic (exact) mass is 628 g/mol. The van der Waals surface area contributed by atoms with Crippen molar-refractivity contribution >= 4 is 23.2 Å². The van der Waals surface area contributed by atoms with Gasteiger partial charge in [-0.15, -0.1) is 11.3 Å². The number of aliphatic hydroxyl groups is 1. The largest absolute Gasteiger partial charge is 0.497 e. The van der Waals surface area contributed by atoms with Gasteiger partial charge in [-0.05, 0) is 67.6 Å². The topological polar surface area (TPSA) is 113 Å². The number of benzene rings is 3. The highest BCUT2D eigenvalue weighted by Crippen LogP contribution is 2.35. The zero-order chi connectivity index (χ0) is 31.8. The van der Waals surface area contributed by atoms with Crippen molar-refractivity contribution in [2.24, 2.45) is 0 Å². The lowest BCUT2D eigenvalue weighted by Gasteiger charge is -2.26. The predicted octanol–water partition coefficient (Wildman–Crippen LogP) is 4.94. The Morgan fingerprint density at radius 2 is 1.76 bits per heavy atom. The lowest BCUT2D eigenvalue weighted by atomic mass is 10.00. The van der Waals surface area contributed by atoms with Crippen molar-refractivity contribution in [2.75, 3.05) is 27.3 Å². The number of hydrogen-bond acceptors (Lipinski definition) is 8. The van der Waals surface area contributed by atoms with E-state index in [2.05, 4.69) is 15.6 Å². The fourth-order valence-corrected chi connectivity index (χ4v) is 6.56. The number of aliphatic hydroxyl groups excluding tert-OH is 1. The molecule has 1 aliphatic rings. The molecule has 0 saturated carbocycles. The highest BCUT2D eigenvalue weighted by Gasteiger charge is 2.33. The molecule has 1 fully saturated rings. The number of hydrogen-bond donors (Lipinski definition) is 3. The fraction of sp³-hybridized carbons (Fsp3) is 0.343. The van der Waals surface area contributed by atoms with Gasteiger partial charge in [0, 0.05) is 41.8 Å². The van der Waals surface area contributed by atoms with Crippen molar-refractivity contribution in [3.8, 4) is 11.5 Å². The van der Waals surface area contributed by atoms with Gasteiger partial charge < -0.3 is 30.1 Å². The number of nitrogens with zero attached hydrogens (tertiary/aromatic N) is 2. The van der Waals surface area contributed by atoms with Crippen LogP contribution in [0, 0.1) is 6.92 Å². The molecule has 3 aromatic carbocycles. The molecule has 10 heteroatoms. The Bertz CT molecular complexity index is 1590. The summed E-state index contributed by atoms with van der Waals surface area (Å²) in [5.41, 5.74) is 3.60. The first-order valence-corrected chi connectivity index (χ1v) is 16.0. The molecule has 3 N–H and O–H groups in total. The van der Waals surface area contributed by atoms with Gasteiger partial charge in [-0.3, -0.25) is 9.59 Å². The molecule has 3 atom stereocenters. The van der Waals surface area contributed by atoms with Gasteiger partial charge in [-0.2, -0.15) is 0 Å². The normalized spacial score (nSPS) is 15.8. The molecule has 0 aliphatic carbocycles. The molecule has 1 saturated heterocycles. The number of carbonyl (C=O) groups excluding carboxylic acids is 2. The Hall–Kier alpha value is -4.25. The van der Waals surface area contributed by atoms with E-state index in [0.717, 1.165) is 40.4 Å². The van der Waals surface area contributed by atoms with Crippen LogP contribution >= 0.6 is 11.3 Å². The minimum atomic E-state index is -0.890. The summed E-state index contributed by atoms with van der Waals surface area (Å²) in [6, 6.07) is 21.6. The molecular formula is C35H40N4O5S. The van der Waals surface area contributed by atoms with E-state index in [4.69, 9.17) is 9.47 Å². The van der Waals surface area contributed by atoms with Gasteiger partial charge in [0.2, 0.25) is 0 Å². The first kappa shape index (κ1) is 32.2. The number of aryl methyl sites for hydroxylation is 1. The zero-order valence-electron chi connectivity index (χ0n) is 25.9. The van der Waals surface area contributed by atoms with Crippen LogP contribution in [0.3, 0.4) is 0 Å². The third-order valence-electron chi connectivity index (χ3n) is 7.98. The van der Waals surface area contributed by atoms with Crippen LogP contribution in [0.5, 0.6) is 11.5 Å². The number of thiazole rings is 1. The molecule has 2 heterocycles. The van der Waals surface area contributed by atoms with Crippen molar-refractivity contribution in [1.82, 2.24) is 20.5 Å². The summed E-state index contributed by atoms with van der Waals surface area (Å²) >= 11 is 1.57. The molecule has 236 valence electrons. The smallest absolute Gasteiger partial charge is 0.254 e. The van der Waals surface area contributed by atoms with Gasteiger partial charge in [0.25, 0.3) is 11.8 Å². The number of rotatable bonds is 13. The van der Waals surface area contributed by atoms with E-state index in [1.165, 1.54) is 7.11 Å². The molecule has 5 rings (SSSR count). The maximum absolute atomic E-state index is 13.8. The third kappa shape index (κ3) is 8.27. The highest BCUT2D eigenvalue weighted by molar-refractivity contribution is 7.09. The van der Waals surface area contributed by atoms with Crippen molar-refractivity contribution in [3.05, 3.63) is 111 Å². The summed E-state index contributed by atoms with van der Waals surface area (Å²) in [5, 5.41) is 20.5. The quantitative estimate of drug-likeness (QED) is 0.192. The van der Waals surface area contributed by atoms with Crippen LogP contribution in [0.15, 0.2) is 78.2 Å². The van der Waals surface area contributed by atoms with Gasteiger partial charge in [0.1, 0.15) is 16.5 Å². The van der Waals surface area contributed by atoms with E-state index in [9.17, 15) is 14.7 Å². The number of carbonyl (C=O) groups is 2. The van der Waals surface area contributed by atoms with E-state index >= 15 is 0 Å². The van der Waals surface area contributed by atoms with Crippen LogP contribution in [-0.4, -0.2) is 66.3 Å². The highest BCUT2D eigenvalue weighted by atomic mass is 32.1. The molecular weight excluding hydrogens is 588 g/mol. The Kier molecular flexibility index (Phi) is 10.8. The SMILES string of the molecule is COc1cccc(CNC[C@@H](O)[C@H](Cc2ccccc2)NC(=O)c2cc(OC)cc(C(=O)N3CCCC3c3nc(C)cs3)c2)c1. The average Bonchev–Trinajstić information content (AvgIpc) is 3.73. The van der Waals surface area contributed by atoms with E-state index < -0.39 is 18.1 Å². The lowest BCUT2D eigenvalue weighted by molar-refractivity contribution is 0.0735.